The fraction of sp³-hybridized carbons (Fsp3) is 0.154. The lowest BCUT2D eigenvalue weighted by Crippen LogP contribution is -2.15. The summed E-state index contributed by atoms with van der Waals surface area (Å²) in [5.41, 5.74) is 1.24. The van der Waals surface area contributed by atoms with Gasteiger partial charge >= 0.3 is 5.97 Å². The predicted octanol–water partition coefficient (Wildman–Crippen LogP) is 1.61. The second-order valence-corrected chi connectivity index (χ2v) is 3.57. The Bertz CT molecular complexity index is 605. The summed E-state index contributed by atoms with van der Waals surface area (Å²) < 4.78 is 4.92. The molecule has 0 unspecified atom stereocenters. The van der Waals surface area contributed by atoms with Gasteiger partial charge in [0.25, 0.3) is 0 Å². The maximum Gasteiger partial charge on any atom is 0.355 e. The number of aromatic amines is 1. The number of hydrogen-bond acceptors (Lipinski definition) is 4. The van der Waals surface area contributed by atoms with E-state index < -0.39 is 5.97 Å². The second-order valence-electron chi connectivity index (χ2n) is 3.57. The molecule has 0 amide bonds. The fourth-order valence-corrected chi connectivity index (χ4v) is 1.61. The van der Waals surface area contributed by atoms with Crippen LogP contribution in [0.2, 0.25) is 0 Å². The Morgan fingerprint density at radius 1 is 1.28 bits per heavy atom. The fourth-order valence-electron chi connectivity index (χ4n) is 1.61. The number of pyridine rings is 2. The SMILES string of the molecule is CCOC(=O)c1[nH]c(=O)ccc1-c1ccncc1. The highest BCUT2D eigenvalue weighted by atomic mass is 16.5. The summed E-state index contributed by atoms with van der Waals surface area (Å²) in [6.45, 7) is 1.97. The van der Waals surface area contributed by atoms with Crippen LogP contribution in [-0.2, 0) is 4.74 Å². The molecule has 0 aromatic carbocycles. The summed E-state index contributed by atoms with van der Waals surface area (Å²) in [4.78, 5) is 29.5. The molecule has 2 aromatic rings. The van der Waals surface area contributed by atoms with E-state index in [1.54, 1.807) is 37.5 Å². The number of rotatable bonds is 3. The standard InChI is InChI=1S/C13H12N2O3/c1-2-18-13(17)12-10(3-4-11(16)15-12)9-5-7-14-8-6-9/h3-8H,2H2,1H3,(H,15,16). The highest BCUT2D eigenvalue weighted by Gasteiger charge is 2.14. The van der Waals surface area contributed by atoms with E-state index in [0.29, 0.717) is 5.56 Å². The lowest BCUT2D eigenvalue weighted by molar-refractivity contribution is 0.0520. The minimum absolute atomic E-state index is 0.163. The zero-order chi connectivity index (χ0) is 13.0. The molecule has 92 valence electrons. The lowest BCUT2D eigenvalue weighted by Gasteiger charge is -2.08. The molecule has 0 bridgehead atoms. The topological polar surface area (TPSA) is 72.1 Å². The van der Waals surface area contributed by atoms with Crippen LogP contribution in [0.4, 0.5) is 0 Å². The number of ether oxygens (including phenoxy) is 1. The van der Waals surface area contributed by atoms with Crippen molar-refractivity contribution in [1.29, 1.82) is 0 Å². The van der Waals surface area contributed by atoms with Gasteiger partial charge in [0.05, 0.1) is 6.61 Å². The van der Waals surface area contributed by atoms with Crippen molar-refractivity contribution in [3.05, 3.63) is 52.7 Å². The largest absolute Gasteiger partial charge is 0.461 e. The molecule has 0 saturated carbocycles. The molecule has 1 N–H and O–H groups in total. The highest BCUT2D eigenvalue weighted by molar-refractivity contribution is 5.95. The second kappa shape index (κ2) is 5.27. The summed E-state index contributed by atoms with van der Waals surface area (Å²) in [5.74, 6) is -0.540. The zero-order valence-electron chi connectivity index (χ0n) is 9.84. The van der Waals surface area contributed by atoms with Crippen LogP contribution in [0.5, 0.6) is 0 Å². The Labute approximate surface area is 103 Å². The van der Waals surface area contributed by atoms with E-state index in [-0.39, 0.29) is 17.9 Å². The third-order valence-corrected chi connectivity index (χ3v) is 2.39. The monoisotopic (exact) mass is 244 g/mol. The van der Waals surface area contributed by atoms with Crippen LogP contribution in [0.15, 0.2) is 41.5 Å². The van der Waals surface area contributed by atoms with E-state index in [4.69, 9.17) is 4.74 Å². The highest BCUT2D eigenvalue weighted by Crippen LogP contribution is 2.20. The molecule has 0 aliphatic heterocycles. The van der Waals surface area contributed by atoms with Crippen molar-refractivity contribution >= 4 is 5.97 Å². The van der Waals surface area contributed by atoms with Gasteiger partial charge in [-0.3, -0.25) is 9.78 Å². The first-order chi connectivity index (χ1) is 8.72. The molecule has 5 heteroatoms. The molecule has 0 radical (unpaired) electrons. The number of esters is 1. The third kappa shape index (κ3) is 2.45. The van der Waals surface area contributed by atoms with Crippen LogP contribution >= 0.6 is 0 Å². The van der Waals surface area contributed by atoms with E-state index in [0.717, 1.165) is 5.56 Å². The van der Waals surface area contributed by atoms with Gasteiger partial charge in [-0.05, 0) is 30.7 Å². The number of carbonyl (C=O) groups excluding carboxylic acids is 1. The van der Waals surface area contributed by atoms with Gasteiger partial charge in [0.1, 0.15) is 5.69 Å². The summed E-state index contributed by atoms with van der Waals surface area (Å²) in [6, 6.07) is 6.49. The first-order valence-corrected chi connectivity index (χ1v) is 5.53. The van der Waals surface area contributed by atoms with Gasteiger partial charge in [0.15, 0.2) is 0 Å². The quantitative estimate of drug-likeness (QED) is 0.832. The van der Waals surface area contributed by atoms with E-state index in [1.807, 2.05) is 0 Å². The number of nitrogens with one attached hydrogen (secondary N) is 1. The molecule has 0 saturated heterocycles. The Balaban J connectivity index is 2.54. The van der Waals surface area contributed by atoms with Crippen LogP contribution in [0.3, 0.4) is 0 Å². The molecule has 18 heavy (non-hydrogen) atoms. The number of aromatic nitrogens is 2. The van der Waals surface area contributed by atoms with Gasteiger partial charge in [-0.25, -0.2) is 4.79 Å². The number of carbonyl (C=O) groups is 1. The Kier molecular flexibility index (Phi) is 3.52. The van der Waals surface area contributed by atoms with Gasteiger partial charge in [-0.2, -0.15) is 0 Å². The van der Waals surface area contributed by atoms with Gasteiger partial charge in [-0.1, -0.05) is 0 Å². The van der Waals surface area contributed by atoms with E-state index in [9.17, 15) is 9.59 Å². The normalized spacial score (nSPS) is 10.1. The molecule has 2 heterocycles. The molecule has 0 atom stereocenters. The third-order valence-electron chi connectivity index (χ3n) is 2.39. The van der Waals surface area contributed by atoms with Crippen molar-refractivity contribution in [2.24, 2.45) is 0 Å². The van der Waals surface area contributed by atoms with Gasteiger partial charge in [0, 0.05) is 24.0 Å². The zero-order valence-corrected chi connectivity index (χ0v) is 9.84. The van der Waals surface area contributed by atoms with Crippen molar-refractivity contribution in [3.8, 4) is 11.1 Å². The van der Waals surface area contributed by atoms with Gasteiger partial charge in [-0.15, -0.1) is 0 Å². The van der Waals surface area contributed by atoms with E-state index in [1.165, 1.54) is 6.07 Å². The molecule has 0 spiro atoms. The summed E-state index contributed by atoms with van der Waals surface area (Å²) in [6.07, 6.45) is 3.24. The summed E-state index contributed by atoms with van der Waals surface area (Å²) >= 11 is 0. The first-order valence-electron chi connectivity index (χ1n) is 5.53. The number of hydrogen-bond donors (Lipinski definition) is 1. The van der Waals surface area contributed by atoms with Crippen molar-refractivity contribution in [2.75, 3.05) is 6.61 Å². The number of nitrogens with zero attached hydrogens (tertiary/aromatic N) is 1. The Morgan fingerprint density at radius 2 is 2.00 bits per heavy atom. The van der Waals surface area contributed by atoms with Crippen LogP contribution in [0.1, 0.15) is 17.4 Å². The van der Waals surface area contributed by atoms with Crippen LogP contribution in [0, 0.1) is 0 Å². The van der Waals surface area contributed by atoms with E-state index >= 15 is 0 Å². The van der Waals surface area contributed by atoms with Gasteiger partial charge in [0.2, 0.25) is 5.56 Å². The molecular weight excluding hydrogens is 232 g/mol. The molecule has 5 nitrogen and oxygen atoms in total. The molecule has 0 aliphatic carbocycles. The maximum atomic E-state index is 11.8. The average Bonchev–Trinajstić information content (AvgIpc) is 2.40. The van der Waals surface area contributed by atoms with Crippen molar-refractivity contribution < 1.29 is 9.53 Å². The summed E-state index contributed by atoms with van der Waals surface area (Å²) in [7, 11) is 0. The Morgan fingerprint density at radius 3 is 2.67 bits per heavy atom. The molecule has 2 rings (SSSR count). The number of H-pyrrole nitrogens is 1. The van der Waals surface area contributed by atoms with Crippen molar-refractivity contribution in [3.63, 3.8) is 0 Å². The van der Waals surface area contributed by atoms with Crippen LogP contribution < -0.4 is 5.56 Å². The molecule has 0 fully saturated rings. The van der Waals surface area contributed by atoms with Crippen LogP contribution in [0.25, 0.3) is 11.1 Å². The minimum Gasteiger partial charge on any atom is -0.461 e. The smallest absolute Gasteiger partial charge is 0.355 e. The van der Waals surface area contributed by atoms with E-state index in [2.05, 4.69) is 9.97 Å². The minimum atomic E-state index is -0.540. The summed E-state index contributed by atoms with van der Waals surface area (Å²) in [5, 5.41) is 0. The Hall–Kier alpha value is -2.43. The predicted molar refractivity (Wildman–Crippen MR) is 66.3 cm³/mol. The molecule has 2 aromatic heterocycles. The molecular formula is C13H12N2O3. The lowest BCUT2D eigenvalue weighted by atomic mass is 10.1. The maximum absolute atomic E-state index is 11.8. The van der Waals surface area contributed by atoms with Gasteiger partial charge < -0.3 is 9.72 Å². The first kappa shape index (κ1) is 12.0. The van der Waals surface area contributed by atoms with Crippen molar-refractivity contribution in [1.82, 2.24) is 9.97 Å². The van der Waals surface area contributed by atoms with Crippen LogP contribution in [-0.4, -0.2) is 22.5 Å². The van der Waals surface area contributed by atoms with Crippen molar-refractivity contribution in [2.45, 2.75) is 6.92 Å². The average molecular weight is 244 g/mol. The molecule has 0 aliphatic rings.